The van der Waals surface area contributed by atoms with E-state index in [-0.39, 0.29) is 0 Å². The lowest BCUT2D eigenvalue weighted by Gasteiger charge is -2.02. The Balaban J connectivity index is 2.55. The smallest absolute Gasteiger partial charge is 0.129 e. The Bertz CT molecular complexity index is 646. The van der Waals surface area contributed by atoms with E-state index < -0.39 is 0 Å². The fraction of sp³-hybridized carbons (Fsp3) is 0. The van der Waals surface area contributed by atoms with Crippen LogP contribution in [0.25, 0.3) is 21.7 Å². The van der Waals surface area contributed by atoms with Gasteiger partial charge in [0, 0.05) is 5.39 Å². The molecule has 0 bridgehead atoms. The van der Waals surface area contributed by atoms with Gasteiger partial charge in [-0.1, -0.05) is 41.9 Å². The summed E-state index contributed by atoms with van der Waals surface area (Å²) in [5, 5.41) is 4.14. The van der Waals surface area contributed by atoms with Crippen molar-refractivity contribution in [1.82, 2.24) is 4.98 Å². The average Bonchev–Trinajstić information content (AvgIpc) is 2.28. The minimum Gasteiger partial charge on any atom is -0.236 e. The van der Waals surface area contributed by atoms with Crippen molar-refractivity contribution in [2.75, 3.05) is 0 Å². The molecule has 0 amide bonds. The van der Waals surface area contributed by atoms with E-state index >= 15 is 0 Å². The van der Waals surface area contributed by atoms with Gasteiger partial charge in [-0.25, -0.2) is 4.98 Å². The van der Waals surface area contributed by atoms with Crippen molar-refractivity contribution in [2.45, 2.75) is 0 Å². The Hall–Kier alpha value is -1.60. The van der Waals surface area contributed by atoms with E-state index in [0.29, 0.717) is 5.15 Å². The Labute approximate surface area is 92.3 Å². The molecule has 2 aromatic carbocycles. The fourth-order valence-electron chi connectivity index (χ4n) is 1.86. The molecule has 0 aliphatic carbocycles. The molecule has 0 aliphatic rings. The summed E-state index contributed by atoms with van der Waals surface area (Å²) in [5.74, 6) is 0. The van der Waals surface area contributed by atoms with E-state index in [4.69, 9.17) is 11.6 Å². The van der Waals surface area contributed by atoms with Gasteiger partial charge in [-0.15, -0.1) is 0 Å². The molecule has 0 spiro atoms. The summed E-state index contributed by atoms with van der Waals surface area (Å²) in [5.41, 5.74) is 0.946. The molecule has 0 unspecified atom stereocenters. The first-order valence-corrected chi connectivity index (χ1v) is 5.16. The third-order valence-electron chi connectivity index (χ3n) is 2.56. The molecule has 0 atom stereocenters. The van der Waals surface area contributed by atoms with Crippen molar-refractivity contribution in [1.29, 1.82) is 0 Å². The summed E-state index contributed by atoms with van der Waals surface area (Å²) in [6.07, 6.45) is 0. The summed E-state index contributed by atoms with van der Waals surface area (Å²) in [4.78, 5) is 4.29. The third kappa shape index (κ3) is 1.36. The maximum Gasteiger partial charge on any atom is 0.129 e. The van der Waals surface area contributed by atoms with Crippen LogP contribution in [0.3, 0.4) is 0 Å². The number of halogens is 1. The van der Waals surface area contributed by atoms with Gasteiger partial charge in [-0.3, -0.25) is 0 Å². The van der Waals surface area contributed by atoms with E-state index in [9.17, 15) is 0 Å². The second-order valence-corrected chi connectivity index (χ2v) is 3.87. The highest BCUT2D eigenvalue weighted by molar-refractivity contribution is 6.30. The number of hydrogen-bond acceptors (Lipinski definition) is 1. The molecule has 15 heavy (non-hydrogen) atoms. The number of pyridine rings is 1. The predicted molar refractivity (Wildman–Crippen MR) is 64.3 cm³/mol. The highest BCUT2D eigenvalue weighted by atomic mass is 35.5. The molecular formula is C13H8ClN. The molecule has 0 aliphatic heterocycles. The quantitative estimate of drug-likeness (QED) is 0.406. The number of hydrogen-bond donors (Lipinski definition) is 0. The molecule has 0 fully saturated rings. The first kappa shape index (κ1) is 8.69. The summed E-state index contributed by atoms with van der Waals surface area (Å²) < 4.78 is 0. The number of benzene rings is 2. The number of fused-ring (bicyclic) bond motifs is 3. The first-order chi connectivity index (χ1) is 7.34. The maximum absolute atomic E-state index is 5.86. The van der Waals surface area contributed by atoms with Gasteiger partial charge in [0.1, 0.15) is 5.15 Å². The lowest BCUT2D eigenvalue weighted by Crippen LogP contribution is -1.81. The van der Waals surface area contributed by atoms with Gasteiger partial charge in [0.05, 0.1) is 5.52 Å². The maximum atomic E-state index is 5.86. The Morgan fingerprint density at radius 1 is 0.800 bits per heavy atom. The van der Waals surface area contributed by atoms with Crippen LogP contribution < -0.4 is 0 Å². The average molecular weight is 214 g/mol. The topological polar surface area (TPSA) is 12.9 Å². The second-order valence-electron chi connectivity index (χ2n) is 3.49. The van der Waals surface area contributed by atoms with Crippen LogP contribution in [0.5, 0.6) is 0 Å². The van der Waals surface area contributed by atoms with Crippen molar-refractivity contribution in [3.05, 3.63) is 53.7 Å². The Kier molecular flexibility index (Phi) is 1.86. The van der Waals surface area contributed by atoms with Gasteiger partial charge < -0.3 is 0 Å². The number of nitrogens with zero attached hydrogens (tertiary/aromatic N) is 1. The number of aromatic nitrogens is 1. The van der Waals surface area contributed by atoms with Crippen LogP contribution >= 0.6 is 11.6 Å². The lowest BCUT2D eigenvalue weighted by molar-refractivity contribution is 1.42. The zero-order valence-corrected chi connectivity index (χ0v) is 8.70. The molecule has 3 rings (SSSR count). The SMILES string of the molecule is Clc1ccc2c(ccc3ccccc32)n1. The fourth-order valence-corrected chi connectivity index (χ4v) is 2.02. The first-order valence-electron chi connectivity index (χ1n) is 4.78. The molecule has 72 valence electrons. The van der Waals surface area contributed by atoms with Gasteiger partial charge in [0.25, 0.3) is 0 Å². The molecule has 0 N–H and O–H groups in total. The van der Waals surface area contributed by atoms with Gasteiger partial charge in [-0.2, -0.15) is 0 Å². The van der Waals surface area contributed by atoms with Gasteiger partial charge >= 0.3 is 0 Å². The van der Waals surface area contributed by atoms with Crippen LogP contribution in [0, 0.1) is 0 Å². The van der Waals surface area contributed by atoms with Crippen molar-refractivity contribution in [3.63, 3.8) is 0 Å². The Morgan fingerprint density at radius 2 is 1.67 bits per heavy atom. The molecule has 1 nitrogen and oxygen atoms in total. The number of rotatable bonds is 0. The summed E-state index contributed by atoms with van der Waals surface area (Å²) in [7, 11) is 0. The molecule has 0 saturated heterocycles. The largest absolute Gasteiger partial charge is 0.236 e. The van der Waals surface area contributed by atoms with E-state index in [1.54, 1.807) is 0 Å². The molecule has 3 aromatic rings. The molecular weight excluding hydrogens is 206 g/mol. The van der Waals surface area contributed by atoms with Crippen LogP contribution in [0.2, 0.25) is 5.15 Å². The van der Waals surface area contributed by atoms with Gasteiger partial charge in [0.2, 0.25) is 0 Å². The van der Waals surface area contributed by atoms with Crippen molar-refractivity contribution >= 4 is 33.3 Å². The van der Waals surface area contributed by atoms with Gasteiger partial charge in [-0.05, 0) is 29.0 Å². The molecule has 1 heterocycles. The van der Waals surface area contributed by atoms with Crippen molar-refractivity contribution in [3.8, 4) is 0 Å². The van der Waals surface area contributed by atoms with E-state index in [2.05, 4.69) is 23.2 Å². The highest BCUT2D eigenvalue weighted by Crippen LogP contribution is 2.24. The monoisotopic (exact) mass is 213 g/mol. The molecule has 0 radical (unpaired) electrons. The predicted octanol–water partition coefficient (Wildman–Crippen LogP) is 4.04. The van der Waals surface area contributed by atoms with Crippen LogP contribution in [-0.2, 0) is 0 Å². The molecule has 0 saturated carbocycles. The third-order valence-corrected chi connectivity index (χ3v) is 2.77. The van der Waals surface area contributed by atoms with Crippen LogP contribution in [-0.4, -0.2) is 4.98 Å². The minimum atomic E-state index is 0.540. The lowest BCUT2D eigenvalue weighted by atomic mass is 10.1. The summed E-state index contributed by atoms with van der Waals surface area (Å²) >= 11 is 5.86. The van der Waals surface area contributed by atoms with E-state index in [1.807, 2.05) is 30.3 Å². The van der Waals surface area contributed by atoms with Gasteiger partial charge in [0.15, 0.2) is 0 Å². The van der Waals surface area contributed by atoms with E-state index in [0.717, 1.165) is 10.9 Å². The van der Waals surface area contributed by atoms with Crippen molar-refractivity contribution in [2.24, 2.45) is 0 Å². The van der Waals surface area contributed by atoms with E-state index in [1.165, 1.54) is 10.8 Å². The molecule has 1 aromatic heterocycles. The van der Waals surface area contributed by atoms with Crippen LogP contribution in [0.4, 0.5) is 0 Å². The summed E-state index contributed by atoms with van der Waals surface area (Å²) in [6.45, 7) is 0. The zero-order valence-electron chi connectivity index (χ0n) is 7.94. The Morgan fingerprint density at radius 3 is 2.60 bits per heavy atom. The second kappa shape index (κ2) is 3.21. The normalized spacial score (nSPS) is 11.0. The highest BCUT2D eigenvalue weighted by Gasteiger charge is 2.00. The van der Waals surface area contributed by atoms with Crippen LogP contribution in [0.1, 0.15) is 0 Å². The zero-order chi connectivity index (χ0) is 10.3. The molecule has 2 heteroatoms. The minimum absolute atomic E-state index is 0.540. The summed E-state index contributed by atoms with van der Waals surface area (Å²) in [6, 6.07) is 16.2. The standard InChI is InChI=1S/C13H8ClN/c14-13-8-6-11-10-4-2-1-3-9(10)5-7-12(11)15-13/h1-8H. The van der Waals surface area contributed by atoms with Crippen LogP contribution in [0.15, 0.2) is 48.5 Å². The van der Waals surface area contributed by atoms with Crippen molar-refractivity contribution < 1.29 is 0 Å².